The Hall–Kier alpha value is -2.05. The van der Waals surface area contributed by atoms with Crippen LogP contribution in [0.15, 0.2) is 24.3 Å². The molecule has 1 aromatic rings. The zero-order chi connectivity index (χ0) is 20.2. The lowest BCUT2D eigenvalue weighted by atomic mass is 9.94. The van der Waals surface area contributed by atoms with E-state index in [1.54, 1.807) is 11.0 Å². The average molecular weight is 384 g/mol. The molecule has 1 aromatic carbocycles. The lowest BCUT2D eigenvalue weighted by Gasteiger charge is -2.26. The molecule has 1 aliphatic rings. The van der Waals surface area contributed by atoms with Gasteiger partial charge in [0.2, 0.25) is 11.8 Å². The van der Waals surface area contributed by atoms with E-state index in [1.165, 1.54) is 6.07 Å². The molecule has 0 aliphatic carbocycles. The van der Waals surface area contributed by atoms with Crippen molar-refractivity contribution in [3.8, 4) is 0 Å². The Balaban J connectivity index is 2.21. The van der Waals surface area contributed by atoms with Crippen LogP contribution in [0.5, 0.6) is 0 Å². The molecule has 0 radical (unpaired) electrons. The fraction of sp³-hybridized carbons (Fsp3) is 0.600. The minimum Gasteiger partial charge on any atom is -0.347 e. The third kappa shape index (κ3) is 5.97. The van der Waals surface area contributed by atoms with Gasteiger partial charge in [-0.3, -0.25) is 9.59 Å². The van der Waals surface area contributed by atoms with Crippen molar-refractivity contribution in [3.63, 3.8) is 0 Å². The highest BCUT2D eigenvalue weighted by Crippen LogP contribution is 2.31. The maximum atomic E-state index is 13.1. The molecule has 1 saturated heterocycles. The molecular formula is C20H27F3N2O2. The normalized spacial score (nSPS) is 17.3. The molecule has 0 spiro atoms. The van der Waals surface area contributed by atoms with Gasteiger partial charge in [0.15, 0.2) is 0 Å². The minimum absolute atomic E-state index is 0.0308. The smallest absolute Gasteiger partial charge is 0.347 e. The summed E-state index contributed by atoms with van der Waals surface area (Å²) in [6.07, 6.45) is -3.00. The molecule has 7 heteroatoms. The van der Waals surface area contributed by atoms with Crippen LogP contribution >= 0.6 is 0 Å². The van der Waals surface area contributed by atoms with Crippen LogP contribution in [0.2, 0.25) is 0 Å². The monoisotopic (exact) mass is 384 g/mol. The van der Waals surface area contributed by atoms with Gasteiger partial charge in [0, 0.05) is 25.9 Å². The summed E-state index contributed by atoms with van der Waals surface area (Å²) < 4.78 is 39.2. The largest absolute Gasteiger partial charge is 0.416 e. The van der Waals surface area contributed by atoms with Crippen molar-refractivity contribution in [2.24, 2.45) is 11.8 Å². The van der Waals surface area contributed by atoms with Gasteiger partial charge in [0.05, 0.1) is 11.6 Å². The number of rotatable bonds is 7. The number of nitrogens with zero attached hydrogens (tertiary/aromatic N) is 1. The summed E-state index contributed by atoms with van der Waals surface area (Å²) in [5.41, 5.74) is -0.405. The summed E-state index contributed by atoms with van der Waals surface area (Å²) in [5, 5.41) is 2.85. The van der Waals surface area contributed by atoms with Crippen molar-refractivity contribution in [1.82, 2.24) is 10.2 Å². The van der Waals surface area contributed by atoms with Crippen molar-refractivity contribution in [3.05, 3.63) is 35.4 Å². The first kappa shape index (κ1) is 21.3. The number of nitrogens with one attached hydrogen (secondary N) is 1. The highest BCUT2D eigenvalue weighted by Gasteiger charge is 2.32. The number of hydrogen-bond acceptors (Lipinski definition) is 2. The zero-order valence-electron chi connectivity index (χ0n) is 16.0. The van der Waals surface area contributed by atoms with E-state index >= 15 is 0 Å². The molecule has 1 heterocycles. The molecular weight excluding hydrogens is 357 g/mol. The van der Waals surface area contributed by atoms with Gasteiger partial charge < -0.3 is 10.2 Å². The third-order valence-electron chi connectivity index (χ3n) is 5.17. The van der Waals surface area contributed by atoms with Crippen LogP contribution in [0, 0.1) is 11.8 Å². The van der Waals surface area contributed by atoms with E-state index < -0.39 is 17.8 Å². The van der Waals surface area contributed by atoms with E-state index in [0.29, 0.717) is 30.9 Å². The van der Waals surface area contributed by atoms with Gasteiger partial charge in [-0.05, 0) is 36.0 Å². The van der Waals surface area contributed by atoms with Crippen molar-refractivity contribution in [2.75, 3.05) is 13.1 Å². The SMILES string of the molecule is CC(C)C(C)CC(=O)NC(CN1CCCC1=O)c1cccc(C(F)(F)F)c1. The van der Waals surface area contributed by atoms with Gasteiger partial charge in [-0.25, -0.2) is 0 Å². The maximum absolute atomic E-state index is 13.1. The van der Waals surface area contributed by atoms with Crippen LogP contribution in [0.1, 0.15) is 57.2 Å². The van der Waals surface area contributed by atoms with E-state index in [0.717, 1.165) is 18.6 Å². The van der Waals surface area contributed by atoms with Gasteiger partial charge >= 0.3 is 6.18 Å². The molecule has 150 valence electrons. The Labute approximate surface area is 158 Å². The Morgan fingerprint density at radius 2 is 1.96 bits per heavy atom. The molecule has 1 fully saturated rings. The molecule has 2 atom stereocenters. The Morgan fingerprint density at radius 1 is 1.26 bits per heavy atom. The molecule has 2 amide bonds. The first-order valence-electron chi connectivity index (χ1n) is 9.32. The number of alkyl halides is 3. The summed E-state index contributed by atoms with van der Waals surface area (Å²) in [6.45, 7) is 6.75. The molecule has 27 heavy (non-hydrogen) atoms. The van der Waals surface area contributed by atoms with Crippen molar-refractivity contribution < 1.29 is 22.8 Å². The molecule has 0 aromatic heterocycles. The number of carbonyl (C=O) groups excluding carboxylic acids is 2. The Bertz CT molecular complexity index is 673. The number of likely N-dealkylation sites (tertiary alicyclic amines) is 1. The van der Waals surface area contributed by atoms with Crippen LogP contribution in [-0.2, 0) is 15.8 Å². The molecule has 0 bridgehead atoms. The Morgan fingerprint density at radius 3 is 2.52 bits per heavy atom. The van der Waals surface area contributed by atoms with Crippen LogP contribution in [0.25, 0.3) is 0 Å². The van der Waals surface area contributed by atoms with Crippen molar-refractivity contribution >= 4 is 11.8 Å². The topological polar surface area (TPSA) is 49.4 Å². The summed E-state index contributed by atoms with van der Waals surface area (Å²) in [6, 6.07) is 4.29. The molecule has 4 nitrogen and oxygen atoms in total. The number of carbonyl (C=O) groups is 2. The predicted octanol–water partition coefficient (Wildman–Crippen LogP) is 4.17. The molecule has 2 unspecified atom stereocenters. The van der Waals surface area contributed by atoms with E-state index in [1.807, 2.05) is 20.8 Å². The average Bonchev–Trinajstić information content (AvgIpc) is 2.98. The quantitative estimate of drug-likeness (QED) is 0.767. The first-order chi connectivity index (χ1) is 12.6. The summed E-state index contributed by atoms with van der Waals surface area (Å²) >= 11 is 0. The zero-order valence-corrected chi connectivity index (χ0v) is 16.0. The van der Waals surface area contributed by atoms with E-state index in [-0.39, 0.29) is 24.3 Å². The number of halogens is 3. The number of benzene rings is 1. The fourth-order valence-electron chi connectivity index (χ4n) is 3.06. The second-order valence-electron chi connectivity index (χ2n) is 7.61. The van der Waals surface area contributed by atoms with Crippen LogP contribution < -0.4 is 5.32 Å². The second-order valence-corrected chi connectivity index (χ2v) is 7.61. The van der Waals surface area contributed by atoms with Crippen LogP contribution in [0.4, 0.5) is 13.2 Å². The molecule has 1 aliphatic heterocycles. The van der Waals surface area contributed by atoms with Crippen molar-refractivity contribution in [1.29, 1.82) is 0 Å². The number of amides is 2. The second kappa shape index (κ2) is 8.76. The van der Waals surface area contributed by atoms with Crippen molar-refractivity contribution in [2.45, 2.75) is 52.3 Å². The van der Waals surface area contributed by atoms with Gasteiger partial charge in [-0.1, -0.05) is 32.9 Å². The standard InChI is InChI=1S/C20H27F3N2O2/c1-13(2)14(3)10-18(26)24-17(12-25-9-5-8-19(25)27)15-6-4-7-16(11-15)20(21,22)23/h4,6-7,11,13-14,17H,5,8-10,12H2,1-3H3,(H,24,26). The fourth-order valence-corrected chi connectivity index (χ4v) is 3.06. The summed E-state index contributed by atoms with van der Waals surface area (Å²) in [5.74, 6) is 0.227. The van der Waals surface area contributed by atoms with Gasteiger partial charge in [0.1, 0.15) is 0 Å². The summed E-state index contributed by atoms with van der Waals surface area (Å²) in [7, 11) is 0. The van der Waals surface area contributed by atoms with E-state index in [9.17, 15) is 22.8 Å². The molecule has 0 saturated carbocycles. The lowest BCUT2D eigenvalue weighted by molar-refractivity contribution is -0.137. The Kier molecular flexibility index (Phi) is 6.89. The lowest BCUT2D eigenvalue weighted by Crippen LogP contribution is -2.39. The summed E-state index contributed by atoms with van der Waals surface area (Å²) in [4.78, 5) is 26.0. The minimum atomic E-state index is -4.46. The highest BCUT2D eigenvalue weighted by molar-refractivity contribution is 5.79. The van der Waals surface area contributed by atoms with Crippen LogP contribution in [0.3, 0.4) is 0 Å². The van der Waals surface area contributed by atoms with Gasteiger partial charge in [-0.15, -0.1) is 0 Å². The van der Waals surface area contributed by atoms with E-state index in [4.69, 9.17) is 0 Å². The third-order valence-corrected chi connectivity index (χ3v) is 5.17. The number of hydrogen-bond donors (Lipinski definition) is 1. The van der Waals surface area contributed by atoms with Gasteiger partial charge in [0.25, 0.3) is 0 Å². The predicted molar refractivity (Wildman–Crippen MR) is 96.8 cm³/mol. The molecule has 1 N–H and O–H groups in total. The maximum Gasteiger partial charge on any atom is 0.416 e. The van der Waals surface area contributed by atoms with Crippen LogP contribution in [-0.4, -0.2) is 29.8 Å². The highest BCUT2D eigenvalue weighted by atomic mass is 19.4. The first-order valence-corrected chi connectivity index (χ1v) is 9.32. The molecule has 2 rings (SSSR count). The van der Waals surface area contributed by atoms with Gasteiger partial charge in [-0.2, -0.15) is 13.2 Å². The van der Waals surface area contributed by atoms with E-state index in [2.05, 4.69) is 5.32 Å².